The Kier molecular flexibility index (Phi) is 3.10. The molecule has 0 atom stereocenters. The number of aromatic amines is 1. The average molecular weight is 298 g/mol. The van der Waals surface area contributed by atoms with Crippen LogP contribution in [0.1, 0.15) is 16.2 Å². The lowest BCUT2D eigenvalue weighted by Crippen LogP contribution is -2.19. The number of oxazole rings is 1. The Hall–Kier alpha value is -1.89. The molecule has 0 aliphatic rings. The van der Waals surface area contributed by atoms with Gasteiger partial charge in [0.2, 0.25) is 5.43 Å². The number of carbonyl (C=O) groups excluding carboxylic acids is 1. The second kappa shape index (κ2) is 4.54. The van der Waals surface area contributed by atoms with Gasteiger partial charge < -0.3 is 14.7 Å². The van der Waals surface area contributed by atoms with E-state index in [0.29, 0.717) is 10.2 Å². The van der Waals surface area contributed by atoms with Crippen molar-refractivity contribution in [3.8, 4) is 0 Å². The van der Waals surface area contributed by atoms with Gasteiger partial charge in [0.15, 0.2) is 12.1 Å². The van der Waals surface area contributed by atoms with Crippen LogP contribution in [-0.4, -0.2) is 15.9 Å². The number of H-pyrrole nitrogens is 1. The van der Waals surface area contributed by atoms with E-state index in [1.165, 1.54) is 18.8 Å². The van der Waals surface area contributed by atoms with E-state index in [0.717, 1.165) is 0 Å². The number of nitrogens with zero attached hydrogens (tertiary/aromatic N) is 1. The first-order valence-electron chi connectivity index (χ1n) is 4.67. The third-order valence-electron chi connectivity index (χ3n) is 2.11. The molecule has 17 heavy (non-hydrogen) atoms. The monoisotopic (exact) mass is 297 g/mol. The van der Waals surface area contributed by atoms with Crippen molar-refractivity contribution in [1.82, 2.24) is 9.97 Å². The normalized spacial score (nSPS) is 10.2. The third-order valence-corrected chi connectivity index (χ3v) is 2.70. The van der Waals surface area contributed by atoms with Gasteiger partial charge in [0.1, 0.15) is 11.4 Å². The molecule has 2 aromatic rings. The van der Waals surface area contributed by atoms with Crippen LogP contribution in [0.2, 0.25) is 0 Å². The molecule has 2 aromatic heterocycles. The topological polar surface area (TPSA) is 88.0 Å². The number of hydrogen-bond acceptors (Lipinski definition) is 4. The number of hydrogen-bond donors (Lipinski definition) is 2. The van der Waals surface area contributed by atoms with Crippen LogP contribution in [0.3, 0.4) is 0 Å². The number of anilines is 1. The van der Waals surface area contributed by atoms with Crippen LogP contribution in [-0.2, 0) is 0 Å². The maximum absolute atomic E-state index is 11.8. The molecule has 2 heterocycles. The minimum Gasteiger partial charge on any atom is -0.448 e. The van der Waals surface area contributed by atoms with Gasteiger partial charge in [0.05, 0.1) is 4.47 Å². The van der Waals surface area contributed by atoms with Crippen molar-refractivity contribution in [3.05, 3.63) is 44.9 Å². The van der Waals surface area contributed by atoms with Gasteiger partial charge in [-0.2, -0.15) is 0 Å². The molecule has 0 fully saturated rings. The second-order valence-corrected chi connectivity index (χ2v) is 4.11. The number of carbonyl (C=O) groups is 1. The summed E-state index contributed by atoms with van der Waals surface area (Å²) in [4.78, 5) is 29.9. The average Bonchev–Trinajstić information content (AvgIpc) is 2.71. The molecule has 6 nitrogen and oxygen atoms in total. The van der Waals surface area contributed by atoms with Gasteiger partial charge in [0.25, 0.3) is 5.91 Å². The Morgan fingerprint density at radius 2 is 2.29 bits per heavy atom. The molecular weight excluding hydrogens is 290 g/mol. The molecular formula is C10H8BrN3O3. The van der Waals surface area contributed by atoms with Gasteiger partial charge in [0, 0.05) is 12.4 Å². The molecule has 2 N–H and O–H groups in total. The standard InChI is InChI=1S/C10H8BrN3O3/c1-5-8(13-4-17-5)10(16)14-7-3-12-2-6(11)9(7)15/h2-4H,1H3,(H,12,15)(H,14,16). The Morgan fingerprint density at radius 1 is 1.53 bits per heavy atom. The summed E-state index contributed by atoms with van der Waals surface area (Å²) in [5.41, 5.74) is -0.00519. The van der Waals surface area contributed by atoms with Gasteiger partial charge in [-0.25, -0.2) is 4.98 Å². The first-order chi connectivity index (χ1) is 8.09. The van der Waals surface area contributed by atoms with Crippen molar-refractivity contribution in [2.24, 2.45) is 0 Å². The minimum absolute atomic E-state index is 0.145. The SMILES string of the molecule is Cc1ocnc1C(=O)Nc1c[nH]cc(Br)c1=O. The van der Waals surface area contributed by atoms with Gasteiger partial charge in [-0.15, -0.1) is 0 Å². The Labute approximate surface area is 104 Å². The molecule has 0 unspecified atom stereocenters. The molecule has 1 amide bonds. The lowest BCUT2D eigenvalue weighted by atomic mass is 10.3. The summed E-state index contributed by atoms with van der Waals surface area (Å²) in [5, 5.41) is 2.46. The van der Waals surface area contributed by atoms with E-state index in [-0.39, 0.29) is 16.8 Å². The fraction of sp³-hybridized carbons (Fsp3) is 0.100. The third kappa shape index (κ3) is 2.28. The summed E-state index contributed by atoms with van der Waals surface area (Å²) in [6.07, 6.45) is 4.06. The fourth-order valence-electron chi connectivity index (χ4n) is 1.26. The molecule has 0 saturated carbocycles. The van der Waals surface area contributed by atoms with E-state index in [1.807, 2.05) is 0 Å². The molecule has 0 bridgehead atoms. The smallest absolute Gasteiger partial charge is 0.278 e. The summed E-state index contributed by atoms with van der Waals surface area (Å²) in [6.45, 7) is 1.62. The van der Waals surface area contributed by atoms with E-state index in [4.69, 9.17) is 4.42 Å². The van der Waals surface area contributed by atoms with Crippen LogP contribution in [0, 0.1) is 6.92 Å². The van der Waals surface area contributed by atoms with E-state index >= 15 is 0 Å². The van der Waals surface area contributed by atoms with Crippen LogP contribution in [0.4, 0.5) is 5.69 Å². The highest BCUT2D eigenvalue weighted by Gasteiger charge is 2.15. The molecule has 0 aromatic carbocycles. The predicted molar refractivity (Wildman–Crippen MR) is 64.0 cm³/mol. The molecule has 0 aliphatic heterocycles. The largest absolute Gasteiger partial charge is 0.448 e. The molecule has 7 heteroatoms. The first kappa shape index (κ1) is 11.6. The van der Waals surface area contributed by atoms with Crippen molar-refractivity contribution >= 4 is 27.5 Å². The molecule has 0 saturated heterocycles. The van der Waals surface area contributed by atoms with Crippen LogP contribution in [0.25, 0.3) is 0 Å². The van der Waals surface area contributed by atoms with Crippen LogP contribution >= 0.6 is 15.9 Å². The predicted octanol–water partition coefficient (Wildman–Crippen LogP) is 1.69. The van der Waals surface area contributed by atoms with Crippen molar-refractivity contribution in [1.29, 1.82) is 0 Å². The van der Waals surface area contributed by atoms with E-state index in [9.17, 15) is 9.59 Å². The zero-order valence-corrected chi connectivity index (χ0v) is 10.4. The molecule has 88 valence electrons. The molecule has 0 spiro atoms. The summed E-state index contributed by atoms with van der Waals surface area (Å²) >= 11 is 3.07. The number of aryl methyl sites for hydroxylation is 1. The van der Waals surface area contributed by atoms with Crippen LogP contribution in [0.5, 0.6) is 0 Å². The second-order valence-electron chi connectivity index (χ2n) is 3.26. The zero-order valence-electron chi connectivity index (χ0n) is 8.78. The van der Waals surface area contributed by atoms with E-state index < -0.39 is 5.91 Å². The Morgan fingerprint density at radius 3 is 2.94 bits per heavy atom. The van der Waals surface area contributed by atoms with Gasteiger partial charge >= 0.3 is 0 Å². The van der Waals surface area contributed by atoms with Crippen molar-refractivity contribution in [2.75, 3.05) is 5.32 Å². The summed E-state index contributed by atoms with van der Waals surface area (Å²) in [7, 11) is 0. The van der Waals surface area contributed by atoms with Gasteiger partial charge in [-0.05, 0) is 22.9 Å². The molecule has 0 aliphatic carbocycles. The number of halogens is 1. The highest BCUT2D eigenvalue weighted by atomic mass is 79.9. The van der Waals surface area contributed by atoms with Crippen molar-refractivity contribution < 1.29 is 9.21 Å². The summed E-state index contributed by atoms with van der Waals surface area (Å²) in [5.74, 6) is -0.0891. The Bertz CT molecular complexity index is 617. The first-order valence-corrected chi connectivity index (χ1v) is 5.47. The van der Waals surface area contributed by atoms with Crippen LogP contribution < -0.4 is 10.7 Å². The number of rotatable bonds is 2. The fourth-order valence-corrected chi connectivity index (χ4v) is 1.60. The maximum Gasteiger partial charge on any atom is 0.278 e. The van der Waals surface area contributed by atoms with Crippen molar-refractivity contribution in [2.45, 2.75) is 6.92 Å². The maximum atomic E-state index is 11.8. The Balaban J connectivity index is 2.28. The number of nitrogens with one attached hydrogen (secondary N) is 2. The lowest BCUT2D eigenvalue weighted by molar-refractivity contribution is 0.102. The highest BCUT2D eigenvalue weighted by Crippen LogP contribution is 2.09. The molecule has 2 rings (SSSR count). The van der Waals surface area contributed by atoms with E-state index in [2.05, 4.69) is 31.2 Å². The summed E-state index contributed by atoms with van der Waals surface area (Å²) in [6, 6.07) is 0. The number of aromatic nitrogens is 2. The zero-order chi connectivity index (χ0) is 12.4. The van der Waals surface area contributed by atoms with Crippen molar-refractivity contribution in [3.63, 3.8) is 0 Å². The summed E-state index contributed by atoms with van der Waals surface area (Å²) < 4.78 is 5.25. The number of amides is 1. The van der Waals surface area contributed by atoms with Gasteiger partial charge in [-0.1, -0.05) is 0 Å². The number of pyridine rings is 1. The quantitative estimate of drug-likeness (QED) is 0.883. The van der Waals surface area contributed by atoms with Crippen LogP contribution in [0.15, 0.2) is 32.5 Å². The minimum atomic E-state index is -0.486. The highest BCUT2D eigenvalue weighted by molar-refractivity contribution is 9.10. The molecule has 0 radical (unpaired) electrons. The lowest BCUT2D eigenvalue weighted by Gasteiger charge is -2.02. The van der Waals surface area contributed by atoms with Gasteiger partial charge in [-0.3, -0.25) is 9.59 Å². The van der Waals surface area contributed by atoms with E-state index in [1.54, 1.807) is 6.92 Å².